The van der Waals surface area contributed by atoms with E-state index in [1.54, 1.807) is 13.0 Å². The zero-order chi connectivity index (χ0) is 16.3. The fourth-order valence-electron chi connectivity index (χ4n) is 2.54. The Balaban J connectivity index is 2.41. The fourth-order valence-corrected chi connectivity index (χ4v) is 2.54. The van der Waals surface area contributed by atoms with Gasteiger partial charge >= 0.3 is 0 Å². The molecule has 0 aliphatic rings. The standard InChI is InChI=1S/C17H23FN4/c1-5-13(12(4)18)9-20-15-8-10(2)21-16-11(3)14(6-7-19)22-17(15)16/h5,8,22H,4,6-7,9,19H2,1-3H3,(H,20,21)/b13-5-. The fraction of sp³-hybridized carbons (Fsp3) is 0.353. The van der Waals surface area contributed by atoms with Gasteiger partial charge in [-0.3, -0.25) is 4.98 Å². The summed E-state index contributed by atoms with van der Waals surface area (Å²) in [5.74, 6) is -0.413. The number of nitrogens with one attached hydrogen (secondary N) is 2. The molecule has 5 heteroatoms. The smallest absolute Gasteiger partial charge is 0.120 e. The topological polar surface area (TPSA) is 66.7 Å². The molecule has 0 unspecified atom stereocenters. The Morgan fingerprint density at radius 3 is 2.82 bits per heavy atom. The number of halogens is 1. The van der Waals surface area contributed by atoms with E-state index in [-0.39, 0.29) is 0 Å². The number of rotatable bonds is 6. The predicted molar refractivity (Wildman–Crippen MR) is 90.8 cm³/mol. The van der Waals surface area contributed by atoms with E-state index in [4.69, 9.17) is 5.73 Å². The maximum atomic E-state index is 13.3. The van der Waals surface area contributed by atoms with E-state index in [2.05, 4.69) is 21.9 Å². The quantitative estimate of drug-likeness (QED) is 0.715. The zero-order valence-electron chi connectivity index (χ0n) is 13.4. The third-order valence-corrected chi connectivity index (χ3v) is 3.79. The lowest BCUT2D eigenvalue weighted by Gasteiger charge is -2.10. The maximum absolute atomic E-state index is 13.3. The van der Waals surface area contributed by atoms with Gasteiger partial charge in [-0.25, -0.2) is 4.39 Å². The molecule has 2 rings (SSSR count). The van der Waals surface area contributed by atoms with Crippen molar-refractivity contribution in [2.45, 2.75) is 27.2 Å². The van der Waals surface area contributed by atoms with E-state index in [1.165, 1.54) is 0 Å². The first-order valence-corrected chi connectivity index (χ1v) is 7.40. The third-order valence-electron chi connectivity index (χ3n) is 3.79. The average Bonchev–Trinajstić information content (AvgIpc) is 2.77. The lowest BCUT2D eigenvalue weighted by atomic mass is 10.1. The molecule has 118 valence electrons. The summed E-state index contributed by atoms with van der Waals surface area (Å²) in [6.45, 7) is 10.1. The molecule has 4 N–H and O–H groups in total. The van der Waals surface area contributed by atoms with Crippen LogP contribution in [0.4, 0.5) is 10.1 Å². The minimum Gasteiger partial charge on any atom is -0.379 e. The first kappa shape index (κ1) is 16.2. The Morgan fingerprint density at radius 2 is 2.23 bits per heavy atom. The monoisotopic (exact) mass is 302 g/mol. The lowest BCUT2D eigenvalue weighted by Crippen LogP contribution is -2.06. The molecule has 2 aromatic heterocycles. The number of H-pyrrole nitrogens is 1. The summed E-state index contributed by atoms with van der Waals surface area (Å²) in [5, 5.41) is 3.27. The molecule has 0 aliphatic carbocycles. The second kappa shape index (κ2) is 6.75. The molecular formula is C17H23FN4. The Morgan fingerprint density at radius 1 is 1.50 bits per heavy atom. The summed E-state index contributed by atoms with van der Waals surface area (Å²) in [5.41, 5.74) is 12.1. The second-order valence-electron chi connectivity index (χ2n) is 5.37. The summed E-state index contributed by atoms with van der Waals surface area (Å²) in [6, 6.07) is 1.96. The highest BCUT2D eigenvalue weighted by atomic mass is 19.1. The van der Waals surface area contributed by atoms with Crippen LogP contribution in [0.3, 0.4) is 0 Å². The van der Waals surface area contributed by atoms with Gasteiger partial charge in [0.25, 0.3) is 0 Å². The number of anilines is 1. The SMILES string of the molecule is C=C(F)/C(=C\C)CNc1cc(C)nc2c(C)c(CCN)[nH]c12. The van der Waals surface area contributed by atoms with E-state index < -0.39 is 5.83 Å². The van der Waals surface area contributed by atoms with Crippen LogP contribution in [-0.2, 0) is 6.42 Å². The van der Waals surface area contributed by atoms with Crippen LogP contribution in [0.15, 0.2) is 30.1 Å². The Kier molecular flexibility index (Phi) is 4.98. The molecule has 0 radical (unpaired) electrons. The summed E-state index contributed by atoms with van der Waals surface area (Å²) in [7, 11) is 0. The van der Waals surface area contributed by atoms with E-state index in [9.17, 15) is 4.39 Å². The van der Waals surface area contributed by atoms with Crippen LogP contribution in [0, 0.1) is 13.8 Å². The molecule has 0 atom stereocenters. The molecule has 0 spiro atoms. The largest absolute Gasteiger partial charge is 0.379 e. The van der Waals surface area contributed by atoms with E-state index in [1.807, 2.05) is 19.9 Å². The Hall–Kier alpha value is -2.14. The molecule has 0 bridgehead atoms. The summed E-state index contributed by atoms with van der Waals surface area (Å²) in [6.07, 6.45) is 2.50. The molecule has 0 amide bonds. The number of aromatic nitrogens is 2. The number of aryl methyl sites for hydroxylation is 2. The van der Waals surface area contributed by atoms with Gasteiger partial charge in [0.05, 0.1) is 16.7 Å². The number of fused-ring (bicyclic) bond motifs is 1. The zero-order valence-corrected chi connectivity index (χ0v) is 13.4. The molecule has 0 aromatic carbocycles. The van der Waals surface area contributed by atoms with Gasteiger partial charge in [0.15, 0.2) is 0 Å². The van der Waals surface area contributed by atoms with E-state index >= 15 is 0 Å². The number of aromatic amines is 1. The van der Waals surface area contributed by atoms with Gasteiger partial charge in [0.1, 0.15) is 5.83 Å². The number of allylic oxidation sites excluding steroid dienone is 1. The summed E-state index contributed by atoms with van der Waals surface area (Å²) < 4.78 is 13.3. The molecule has 2 aromatic rings. The van der Waals surface area contributed by atoms with Crippen LogP contribution >= 0.6 is 0 Å². The minimum absolute atomic E-state index is 0.384. The molecule has 2 heterocycles. The third kappa shape index (κ3) is 3.20. The molecule has 0 saturated carbocycles. The molecule has 4 nitrogen and oxygen atoms in total. The predicted octanol–water partition coefficient (Wildman–Crippen LogP) is 3.52. The summed E-state index contributed by atoms with van der Waals surface area (Å²) in [4.78, 5) is 7.99. The Bertz CT molecular complexity index is 728. The number of hydrogen-bond acceptors (Lipinski definition) is 3. The highest BCUT2D eigenvalue weighted by Gasteiger charge is 2.13. The number of nitrogens with two attached hydrogens (primary N) is 1. The highest BCUT2D eigenvalue weighted by molar-refractivity contribution is 5.91. The van der Waals surface area contributed by atoms with Gasteiger partial charge in [0, 0.05) is 29.9 Å². The second-order valence-corrected chi connectivity index (χ2v) is 5.37. The lowest BCUT2D eigenvalue weighted by molar-refractivity contribution is 0.652. The van der Waals surface area contributed by atoms with Gasteiger partial charge in [0.2, 0.25) is 0 Å². The van der Waals surface area contributed by atoms with Crippen molar-refractivity contribution < 1.29 is 4.39 Å². The Labute approximate surface area is 130 Å². The number of pyridine rings is 1. The van der Waals surface area contributed by atoms with Crippen molar-refractivity contribution >= 4 is 16.7 Å². The molecule has 0 saturated heterocycles. The van der Waals surface area contributed by atoms with Crippen LogP contribution in [0.5, 0.6) is 0 Å². The minimum atomic E-state index is -0.413. The van der Waals surface area contributed by atoms with Crippen LogP contribution in [0.2, 0.25) is 0 Å². The summed E-state index contributed by atoms with van der Waals surface area (Å²) >= 11 is 0. The van der Waals surface area contributed by atoms with Gasteiger partial charge in [-0.15, -0.1) is 0 Å². The average molecular weight is 302 g/mol. The van der Waals surface area contributed by atoms with Gasteiger partial charge < -0.3 is 16.0 Å². The normalized spacial score (nSPS) is 12.0. The van der Waals surface area contributed by atoms with Crippen molar-refractivity contribution in [3.63, 3.8) is 0 Å². The van der Waals surface area contributed by atoms with Gasteiger partial charge in [-0.2, -0.15) is 0 Å². The van der Waals surface area contributed by atoms with Crippen molar-refractivity contribution in [3.05, 3.63) is 47.1 Å². The van der Waals surface area contributed by atoms with Crippen molar-refractivity contribution in [1.29, 1.82) is 0 Å². The van der Waals surface area contributed by atoms with Crippen molar-refractivity contribution in [2.75, 3.05) is 18.4 Å². The van der Waals surface area contributed by atoms with E-state index in [0.717, 1.165) is 40.1 Å². The van der Waals surface area contributed by atoms with Crippen molar-refractivity contribution in [1.82, 2.24) is 9.97 Å². The number of hydrogen-bond donors (Lipinski definition) is 3. The van der Waals surface area contributed by atoms with Crippen LogP contribution in [-0.4, -0.2) is 23.1 Å². The highest BCUT2D eigenvalue weighted by Crippen LogP contribution is 2.28. The van der Waals surface area contributed by atoms with Gasteiger partial charge in [-0.05, 0) is 38.9 Å². The molecule has 0 aliphatic heterocycles. The first-order valence-electron chi connectivity index (χ1n) is 7.40. The van der Waals surface area contributed by atoms with Crippen LogP contribution in [0.1, 0.15) is 23.9 Å². The number of nitrogens with zero attached hydrogens (tertiary/aromatic N) is 1. The van der Waals surface area contributed by atoms with Crippen LogP contribution < -0.4 is 11.1 Å². The molecule has 0 fully saturated rings. The van der Waals surface area contributed by atoms with Crippen molar-refractivity contribution in [2.24, 2.45) is 5.73 Å². The van der Waals surface area contributed by atoms with Crippen LogP contribution in [0.25, 0.3) is 11.0 Å². The van der Waals surface area contributed by atoms with E-state index in [0.29, 0.717) is 18.7 Å². The molecular weight excluding hydrogens is 279 g/mol. The van der Waals surface area contributed by atoms with Gasteiger partial charge in [-0.1, -0.05) is 12.7 Å². The molecule has 22 heavy (non-hydrogen) atoms. The first-order chi connectivity index (χ1) is 10.5. The van der Waals surface area contributed by atoms with Crippen molar-refractivity contribution in [3.8, 4) is 0 Å². The maximum Gasteiger partial charge on any atom is 0.120 e.